The summed E-state index contributed by atoms with van der Waals surface area (Å²) < 4.78 is 1.70. The van der Waals surface area contributed by atoms with Crippen molar-refractivity contribution < 1.29 is 0 Å². The van der Waals surface area contributed by atoms with Crippen molar-refractivity contribution in [2.45, 2.75) is 26.3 Å². The van der Waals surface area contributed by atoms with Gasteiger partial charge in [0.05, 0.1) is 5.69 Å². The maximum atomic E-state index is 6.12. The molecule has 1 aromatic rings. The third-order valence-electron chi connectivity index (χ3n) is 1.64. The van der Waals surface area contributed by atoms with Crippen LogP contribution >= 0.6 is 23.4 Å². The number of anilines is 1. The first kappa shape index (κ1) is 10.7. The minimum absolute atomic E-state index is 0.0879. The minimum Gasteiger partial charge on any atom is -0.280 e. The van der Waals surface area contributed by atoms with E-state index in [0.717, 1.165) is 10.7 Å². The molecule has 0 bridgehead atoms. The molecule has 0 aliphatic heterocycles. The Bertz CT molecular complexity index is 274. The molecule has 0 unspecified atom stereocenters. The molecule has 0 atom stereocenters. The highest BCUT2D eigenvalue weighted by Crippen LogP contribution is 2.26. The van der Waals surface area contributed by atoms with Gasteiger partial charge in [0.15, 0.2) is 0 Å². The van der Waals surface area contributed by atoms with E-state index in [1.54, 1.807) is 4.42 Å². The zero-order valence-corrected chi connectivity index (χ0v) is 9.52. The van der Waals surface area contributed by atoms with Crippen LogP contribution < -0.4 is 4.42 Å². The number of halogens is 2. The van der Waals surface area contributed by atoms with Gasteiger partial charge in [0, 0.05) is 22.3 Å². The van der Waals surface area contributed by atoms with Crippen LogP contribution in [0.5, 0.6) is 0 Å². The van der Waals surface area contributed by atoms with Crippen LogP contribution in [-0.4, -0.2) is 5.54 Å². The van der Waals surface area contributed by atoms with Crippen molar-refractivity contribution in [1.82, 2.24) is 0 Å². The van der Waals surface area contributed by atoms with Gasteiger partial charge in [-0.3, -0.25) is 4.42 Å². The molecule has 1 nitrogen and oxygen atoms in total. The molecule has 0 heterocycles. The predicted molar refractivity (Wildman–Crippen MR) is 59.5 cm³/mol. The van der Waals surface area contributed by atoms with Crippen LogP contribution in [0.25, 0.3) is 0 Å². The molecule has 0 radical (unpaired) electrons. The van der Waals surface area contributed by atoms with Crippen molar-refractivity contribution in [2.24, 2.45) is 0 Å². The molecule has 0 aromatic heterocycles. The molecule has 0 amide bonds. The second-order valence-electron chi connectivity index (χ2n) is 3.93. The van der Waals surface area contributed by atoms with E-state index < -0.39 is 0 Å². The molecule has 0 N–H and O–H groups in total. The Labute approximate surface area is 89.4 Å². The zero-order chi connectivity index (χ0) is 10.1. The largest absolute Gasteiger partial charge is 0.280 e. The average molecular weight is 218 g/mol. The zero-order valence-electron chi connectivity index (χ0n) is 8.01. The lowest BCUT2D eigenvalue weighted by Gasteiger charge is -2.30. The second kappa shape index (κ2) is 3.77. The number of nitrogens with zero attached hydrogens (tertiary/aromatic N) is 1. The quantitative estimate of drug-likeness (QED) is 0.641. The fourth-order valence-corrected chi connectivity index (χ4v) is 1.20. The molecule has 0 saturated carbocycles. The minimum atomic E-state index is -0.0879. The second-order valence-corrected chi connectivity index (χ2v) is 4.70. The number of hydrogen-bond donors (Lipinski definition) is 0. The first-order valence-corrected chi connectivity index (χ1v) is 4.84. The molecule has 0 saturated heterocycles. The van der Waals surface area contributed by atoms with E-state index in [1.807, 2.05) is 24.3 Å². The topological polar surface area (TPSA) is 3.24 Å². The number of benzene rings is 1. The van der Waals surface area contributed by atoms with E-state index in [-0.39, 0.29) is 5.54 Å². The van der Waals surface area contributed by atoms with Crippen molar-refractivity contribution in [3.8, 4) is 0 Å². The summed E-state index contributed by atoms with van der Waals surface area (Å²) >= 11 is 11.9. The van der Waals surface area contributed by atoms with Crippen molar-refractivity contribution in [1.29, 1.82) is 0 Å². The Morgan fingerprint density at radius 3 is 1.92 bits per heavy atom. The van der Waals surface area contributed by atoms with Gasteiger partial charge in [-0.1, -0.05) is 11.6 Å². The molecule has 0 aliphatic rings. The van der Waals surface area contributed by atoms with E-state index >= 15 is 0 Å². The standard InChI is InChI=1S/C10H13Cl2N/c1-10(2,3)13(12)9-6-4-8(11)5-7-9/h4-7H,1-3H3. The van der Waals surface area contributed by atoms with E-state index in [9.17, 15) is 0 Å². The maximum absolute atomic E-state index is 6.12. The van der Waals surface area contributed by atoms with Crippen LogP contribution in [0.4, 0.5) is 5.69 Å². The fourth-order valence-electron chi connectivity index (χ4n) is 0.959. The van der Waals surface area contributed by atoms with E-state index in [1.165, 1.54) is 0 Å². The van der Waals surface area contributed by atoms with Crippen LogP contribution in [0.2, 0.25) is 5.02 Å². The van der Waals surface area contributed by atoms with Gasteiger partial charge in [0.2, 0.25) is 0 Å². The van der Waals surface area contributed by atoms with E-state index in [0.29, 0.717) is 0 Å². The summed E-state index contributed by atoms with van der Waals surface area (Å²) in [7, 11) is 0. The molecule has 1 aromatic carbocycles. The molecule has 0 spiro atoms. The van der Waals surface area contributed by atoms with Crippen molar-refractivity contribution >= 4 is 29.1 Å². The van der Waals surface area contributed by atoms with Crippen LogP contribution in [0.15, 0.2) is 24.3 Å². The summed E-state index contributed by atoms with van der Waals surface area (Å²) in [5, 5.41) is 0.725. The summed E-state index contributed by atoms with van der Waals surface area (Å²) in [5.41, 5.74) is 0.869. The highest BCUT2D eigenvalue weighted by Gasteiger charge is 2.19. The summed E-state index contributed by atoms with van der Waals surface area (Å²) in [6, 6.07) is 7.47. The van der Waals surface area contributed by atoms with Crippen molar-refractivity contribution in [3.05, 3.63) is 29.3 Å². The first-order valence-electron chi connectivity index (χ1n) is 4.13. The Morgan fingerprint density at radius 2 is 1.54 bits per heavy atom. The van der Waals surface area contributed by atoms with Gasteiger partial charge in [-0.25, -0.2) is 0 Å². The molecule has 72 valence electrons. The molecule has 0 fully saturated rings. The smallest absolute Gasteiger partial charge is 0.0530 e. The van der Waals surface area contributed by atoms with Gasteiger partial charge in [-0.2, -0.15) is 0 Å². The highest BCUT2D eigenvalue weighted by atomic mass is 35.5. The van der Waals surface area contributed by atoms with Gasteiger partial charge in [0.1, 0.15) is 0 Å². The Kier molecular flexibility index (Phi) is 3.09. The summed E-state index contributed by atoms with van der Waals surface area (Å²) in [5.74, 6) is 0. The summed E-state index contributed by atoms with van der Waals surface area (Å²) in [4.78, 5) is 0. The van der Waals surface area contributed by atoms with Gasteiger partial charge in [-0.05, 0) is 45.0 Å². The molecule has 0 aliphatic carbocycles. The Morgan fingerprint density at radius 1 is 1.08 bits per heavy atom. The van der Waals surface area contributed by atoms with E-state index in [2.05, 4.69) is 20.8 Å². The lowest BCUT2D eigenvalue weighted by molar-refractivity contribution is 0.584. The molecule has 1 rings (SSSR count). The van der Waals surface area contributed by atoms with Crippen LogP contribution in [0.1, 0.15) is 20.8 Å². The van der Waals surface area contributed by atoms with Crippen LogP contribution in [0.3, 0.4) is 0 Å². The van der Waals surface area contributed by atoms with Crippen molar-refractivity contribution in [3.63, 3.8) is 0 Å². The maximum Gasteiger partial charge on any atom is 0.0530 e. The number of rotatable bonds is 1. The normalized spacial score (nSPS) is 11.5. The molecule has 3 heteroatoms. The first-order chi connectivity index (χ1) is 5.91. The number of hydrogen-bond acceptors (Lipinski definition) is 1. The van der Waals surface area contributed by atoms with Gasteiger partial charge < -0.3 is 0 Å². The Hall–Kier alpha value is -0.400. The highest BCUT2D eigenvalue weighted by molar-refractivity contribution is 6.31. The van der Waals surface area contributed by atoms with Crippen LogP contribution in [0, 0.1) is 0 Å². The van der Waals surface area contributed by atoms with Gasteiger partial charge >= 0.3 is 0 Å². The molecular weight excluding hydrogens is 205 g/mol. The average Bonchev–Trinajstić information content (AvgIpc) is 2.03. The Balaban J connectivity index is 2.90. The third-order valence-corrected chi connectivity index (χ3v) is 2.60. The summed E-state index contributed by atoms with van der Waals surface area (Å²) in [6.07, 6.45) is 0. The van der Waals surface area contributed by atoms with Crippen molar-refractivity contribution in [2.75, 3.05) is 4.42 Å². The monoisotopic (exact) mass is 217 g/mol. The molecular formula is C10H13Cl2N. The van der Waals surface area contributed by atoms with E-state index in [4.69, 9.17) is 23.4 Å². The van der Waals surface area contributed by atoms with Crippen LogP contribution in [-0.2, 0) is 0 Å². The third kappa shape index (κ3) is 2.78. The van der Waals surface area contributed by atoms with Gasteiger partial charge in [-0.15, -0.1) is 0 Å². The predicted octanol–water partition coefficient (Wildman–Crippen LogP) is 4.10. The molecule has 13 heavy (non-hydrogen) atoms. The fraction of sp³-hybridized carbons (Fsp3) is 0.400. The SMILES string of the molecule is CC(C)(C)N(Cl)c1ccc(Cl)cc1. The lowest BCUT2D eigenvalue weighted by atomic mass is 10.1. The summed E-state index contributed by atoms with van der Waals surface area (Å²) in [6.45, 7) is 6.15. The lowest BCUT2D eigenvalue weighted by Crippen LogP contribution is -2.33. The van der Waals surface area contributed by atoms with Gasteiger partial charge in [0.25, 0.3) is 0 Å².